The maximum atomic E-state index is 10.2. The number of halogens is 2. The normalized spacial score (nSPS) is 12.4. The Bertz CT molecular complexity index is 520. The van der Waals surface area contributed by atoms with Crippen LogP contribution >= 0.6 is 23.2 Å². The zero-order valence-electron chi connectivity index (χ0n) is 9.90. The monoisotopic (exact) mass is 281 g/mol. The number of hydrogen-bond donors (Lipinski definition) is 1. The number of aryl methyl sites for hydroxylation is 1. The summed E-state index contributed by atoms with van der Waals surface area (Å²) in [5.41, 5.74) is 2.45. The smallest absolute Gasteiger partial charge is 0.0874 e. The minimum atomic E-state index is -0.749. The van der Waals surface area contributed by atoms with Gasteiger partial charge in [-0.15, -0.1) is 0 Å². The molecule has 1 aromatic heterocycles. The molecule has 0 saturated heterocycles. The molecule has 0 fully saturated rings. The molecular weight excluding hydrogens is 269 g/mol. The van der Waals surface area contributed by atoms with Crippen LogP contribution in [-0.4, -0.2) is 10.1 Å². The van der Waals surface area contributed by atoms with Gasteiger partial charge in [-0.1, -0.05) is 35.3 Å². The zero-order chi connectivity index (χ0) is 13.1. The molecule has 0 aliphatic heterocycles. The van der Waals surface area contributed by atoms with Crippen molar-refractivity contribution in [3.05, 3.63) is 63.4 Å². The standard InChI is InChI=1S/C14H13Cl2NO/c1-9-5-6-10(17-8-9)7-13(18)14-11(15)3-2-4-12(14)16/h2-6,8,13,18H,7H2,1H3. The molecule has 1 atom stereocenters. The van der Waals surface area contributed by atoms with Gasteiger partial charge in [0.25, 0.3) is 0 Å². The first-order valence-corrected chi connectivity index (χ1v) is 6.37. The van der Waals surface area contributed by atoms with Gasteiger partial charge in [0, 0.05) is 33.9 Å². The third-order valence-electron chi connectivity index (χ3n) is 2.71. The molecule has 1 unspecified atom stereocenters. The van der Waals surface area contributed by atoms with Gasteiger partial charge in [0.1, 0.15) is 0 Å². The van der Waals surface area contributed by atoms with Gasteiger partial charge >= 0.3 is 0 Å². The van der Waals surface area contributed by atoms with Crippen LogP contribution in [0.5, 0.6) is 0 Å². The van der Waals surface area contributed by atoms with Crippen LogP contribution in [0, 0.1) is 6.92 Å². The van der Waals surface area contributed by atoms with Crippen LogP contribution in [0.25, 0.3) is 0 Å². The fourth-order valence-corrected chi connectivity index (χ4v) is 2.40. The molecule has 2 aromatic rings. The Labute approximate surface area is 116 Å². The lowest BCUT2D eigenvalue weighted by Gasteiger charge is -2.14. The van der Waals surface area contributed by atoms with E-state index in [2.05, 4.69) is 4.98 Å². The van der Waals surface area contributed by atoms with Crippen LogP contribution in [0.3, 0.4) is 0 Å². The molecule has 18 heavy (non-hydrogen) atoms. The number of aromatic nitrogens is 1. The van der Waals surface area contributed by atoms with E-state index in [1.165, 1.54) is 0 Å². The van der Waals surface area contributed by atoms with Crippen molar-refractivity contribution in [1.29, 1.82) is 0 Å². The van der Waals surface area contributed by atoms with E-state index in [0.29, 0.717) is 22.0 Å². The summed E-state index contributed by atoms with van der Waals surface area (Å²) in [5, 5.41) is 11.1. The van der Waals surface area contributed by atoms with Gasteiger partial charge in [0.15, 0.2) is 0 Å². The summed E-state index contributed by atoms with van der Waals surface area (Å²) in [6.45, 7) is 1.97. The summed E-state index contributed by atoms with van der Waals surface area (Å²) in [6, 6.07) is 9.04. The number of aliphatic hydroxyl groups excluding tert-OH is 1. The lowest BCUT2D eigenvalue weighted by molar-refractivity contribution is 0.177. The van der Waals surface area contributed by atoms with Crippen LogP contribution in [0.4, 0.5) is 0 Å². The average Bonchev–Trinajstić information content (AvgIpc) is 2.32. The van der Waals surface area contributed by atoms with Gasteiger partial charge in [-0.3, -0.25) is 4.98 Å². The molecule has 1 heterocycles. The van der Waals surface area contributed by atoms with Crippen LogP contribution in [0.15, 0.2) is 36.5 Å². The molecule has 94 valence electrons. The third-order valence-corrected chi connectivity index (χ3v) is 3.37. The highest BCUT2D eigenvalue weighted by Gasteiger charge is 2.16. The van der Waals surface area contributed by atoms with Crippen molar-refractivity contribution < 1.29 is 5.11 Å². The minimum Gasteiger partial charge on any atom is -0.388 e. The van der Waals surface area contributed by atoms with Crippen LogP contribution in [0.1, 0.15) is 22.9 Å². The second-order valence-electron chi connectivity index (χ2n) is 4.18. The molecule has 0 radical (unpaired) electrons. The summed E-state index contributed by atoms with van der Waals surface area (Å²) in [7, 11) is 0. The Morgan fingerprint density at radius 3 is 2.39 bits per heavy atom. The SMILES string of the molecule is Cc1ccc(CC(O)c2c(Cl)cccc2Cl)nc1. The van der Waals surface area contributed by atoms with Crippen LogP contribution in [-0.2, 0) is 6.42 Å². The van der Waals surface area contributed by atoms with Crippen molar-refractivity contribution in [2.75, 3.05) is 0 Å². The highest BCUT2D eigenvalue weighted by molar-refractivity contribution is 6.36. The molecule has 0 bridgehead atoms. The summed E-state index contributed by atoms with van der Waals surface area (Å²) < 4.78 is 0. The van der Waals surface area contributed by atoms with E-state index in [1.807, 2.05) is 19.1 Å². The second-order valence-corrected chi connectivity index (χ2v) is 5.00. The number of nitrogens with zero attached hydrogens (tertiary/aromatic N) is 1. The summed E-state index contributed by atoms with van der Waals surface area (Å²) in [6.07, 6.45) is 1.42. The first-order chi connectivity index (χ1) is 8.58. The van der Waals surface area contributed by atoms with Gasteiger partial charge in [0.2, 0.25) is 0 Å². The summed E-state index contributed by atoms with van der Waals surface area (Å²) in [5.74, 6) is 0. The zero-order valence-corrected chi connectivity index (χ0v) is 11.4. The quantitative estimate of drug-likeness (QED) is 0.923. The summed E-state index contributed by atoms with van der Waals surface area (Å²) in [4.78, 5) is 4.26. The first kappa shape index (κ1) is 13.3. The number of rotatable bonds is 3. The molecule has 0 saturated carbocycles. The summed E-state index contributed by atoms with van der Waals surface area (Å²) >= 11 is 12.1. The first-order valence-electron chi connectivity index (χ1n) is 5.61. The van der Waals surface area contributed by atoms with E-state index >= 15 is 0 Å². The highest BCUT2D eigenvalue weighted by Crippen LogP contribution is 2.31. The average molecular weight is 282 g/mol. The molecule has 0 amide bonds. The van der Waals surface area contributed by atoms with Crippen LogP contribution < -0.4 is 0 Å². The van der Waals surface area contributed by atoms with Gasteiger partial charge in [0.05, 0.1) is 6.10 Å². The maximum absolute atomic E-state index is 10.2. The Morgan fingerprint density at radius 2 is 1.83 bits per heavy atom. The minimum absolute atomic E-state index is 0.393. The molecule has 0 spiro atoms. The maximum Gasteiger partial charge on any atom is 0.0874 e. The van der Waals surface area contributed by atoms with Crippen molar-refractivity contribution >= 4 is 23.2 Å². The topological polar surface area (TPSA) is 33.1 Å². The predicted molar refractivity (Wildman–Crippen MR) is 74.1 cm³/mol. The highest BCUT2D eigenvalue weighted by atomic mass is 35.5. The Balaban J connectivity index is 2.22. The van der Waals surface area contributed by atoms with Gasteiger partial charge < -0.3 is 5.11 Å². The van der Waals surface area contributed by atoms with E-state index < -0.39 is 6.10 Å². The van der Waals surface area contributed by atoms with E-state index in [9.17, 15) is 5.11 Å². The molecule has 0 aliphatic rings. The Kier molecular flexibility index (Phi) is 4.23. The van der Waals surface area contributed by atoms with Crippen molar-refractivity contribution in [2.24, 2.45) is 0 Å². The van der Waals surface area contributed by atoms with Crippen molar-refractivity contribution in [1.82, 2.24) is 4.98 Å². The van der Waals surface area contributed by atoms with Crippen molar-refractivity contribution in [3.8, 4) is 0 Å². The molecule has 1 N–H and O–H groups in total. The van der Waals surface area contributed by atoms with Gasteiger partial charge in [-0.05, 0) is 30.7 Å². The lowest BCUT2D eigenvalue weighted by atomic mass is 10.0. The van der Waals surface area contributed by atoms with Crippen LogP contribution in [0.2, 0.25) is 10.0 Å². The fraction of sp³-hybridized carbons (Fsp3) is 0.214. The fourth-order valence-electron chi connectivity index (χ4n) is 1.75. The number of benzene rings is 1. The number of aliphatic hydroxyl groups is 1. The molecule has 0 aliphatic carbocycles. The third kappa shape index (κ3) is 3.02. The van der Waals surface area contributed by atoms with Crippen molar-refractivity contribution in [3.63, 3.8) is 0 Å². The molecule has 2 nitrogen and oxygen atoms in total. The van der Waals surface area contributed by atoms with E-state index in [1.54, 1.807) is 24.4 Å². The molecule has 1 aromatic carbocycles. The second kappa shape index (κ2) is 5.70. The largest absolute Gasteiger partial charge is 0.388 e. The molecular formula is C14H13Cl2NO. The lowest BCUT2D eigenvalue weighted by Crippen LogP contribution is -2.05. The predicted octanol–water partition coefficient (Wildman–Crippen LogP) is 3.97. The van der Waals surface area contributed by atoms with Gasteiger partial charge in [-0.2, -0.15) is 0 Å². The van der Waals surface area contributed by atoms with E-state index in [0.717, 1.165) is 11.3 Å². The Morgan fingerprint density at radius 1 is 1.17 bits per heavy atom. The van der Waals surface area contributed by atoms with E-state index in [4.69, 9.17) is 23.2 Å². The Hall–Kier alpha value is -1.09. The van der Waals surface area contributed by atoms with Crippen molar-refractivity contribution in [2.45, 2.75) is 19.4 Å². The molecule has 2 rings (SSSR count). The number of hydrogen-bond acceptors (Lipinski definition) is 2. The molecule has 4 heteroatoms. The van der Waals surface area contributed by atoms with E-state index in [-0.39, 0.29) is 0 Å². The number of pyridine rings is 1. The van der Waals surface area contributed by atoms with Gasteiger partial charge in [-0.25, -0.2) is 0 Å².